The van der Waals surface area contributed by atoms with Gasteiger partial charge in [-0.2, -0.15) is 0 Å². The van der Waals surface area contributed by atoms with Crippen LogP contribution in [0.1, 0.15) is 13.3 Å². The van der Waals surface area contributed by atoms with Crippen LogP contribution in [0.15, 0.2) is 53.0 Å². The lowest BCUT2D eigenvalue weighted by Gasteiger charge is -2.13. The fourth-order valence-electron chi connectivity index (χ4n) is 2.05. The Morgan fingerprint density at radius 1 is 1.32 bits per heavy atom. The van der Waals surface area contributed by atoms with Crippen molar-refractivity contribution in [2.24, 2.45) is 0 Å². The Labute approximate surface area is 137 Å². The van der Waals surface area contributed by atoms with Crippen LogP contribution in [0.4, 0.5) is 5.13 Å². The summed E-state index contributed by atoms with van der Waals surface area (Å²) in [6.45, 7) is 2.00. The number of aromatic nitrogens is 2. The lowest BCUT2D eigenvalue weighted by Crippen LogP contribution is -2.24. The number of thiazole rings is 1. The highest BCUT2D eigenvalue weighted by Crippen LogP contribution is 2.27. The molecule has 2 aromatic heterocycles. The van der Waals surface area contributed by atoms with E-state index in [1.54, 1.807) is 6.20 Å². The quantitative estimate of drug-likeness (QED) is 0.713. The molecule has 0 aliphatic rings. The van der Waals surface area contributed by atoms with Crippen LogP contribution in [0.3, 0.4) is 0 Å². The lowest BCUT2D eigenvalue weighted by atomic mass is 10.2. The zero-order valence-electron chi connectivity index (χ0n) is 12.0. The van der Waals surface area contributed by atoms with E-state index in [9.17, 15) is 4.79 Å². The van der Waals surface area contributed by atoms with Crippen molar-refractivity contribution in [3.8, 4) is 0 Å². The molecule has 0 aliphatic carbocycles. The molecule has 0 saturated heterocycles. The predicted molar refractivity (Wildman–Crippen MR) is 92.4 cm³/mol. The average Bonchev–Trinajstić information content (AvgIpc) is 3.05. The van der Waals surface area contributed by atoms with E-state index in [4.69, 9.17) is 0 Å². The van der Waals surface area contributed by atoms with Crippen molar-refractivity contribution >= 4 is 45.0 Å². The molecule has 0 bridgehead atoms. The van der Waals surface area contributed by atoms with Gasteiger partial charge in [0.15, 0.2) is 5.13 Å². The largest absolute Gasteiger partial charge is 0.301 e. The van der Waals surface area contributed by atoms with Gasteiger partial charge in [0.1, 0.15) is 0 Å². The molecule has 0 aliphatic heterocycles. The zero-order chi connectivity index (χ0) is 15.4. The van der Waals surface area contributed by atoms with E-state index in [-0.39, 0.29) is 11.2 Å². The highest BCUT2D eigenvalue weighted by molar-refractivity contribution is 8.00. The standard InChI is InChI=1S/C16H15N3OS2/c1-2-13(15(20)19-16-17-9-10-21-16)22-14-8-7-11-5-3-4-6-12(11)18-14/h3-10,13H,2H2,1H3,(H,17,19,20). The normalized spacial score (nSPS) is 12.2. The summed E-state index contributed by atoms with van der Waals surface area (Å²) in [5, 5.41) is 7.11. The summed E-state index contributed by atoms with van der Waals surface area (Å²) in [5.41, 5.74) is 0.947. The lowest BCUT2D eigenvalue weighted by molar-refractivity contribution is -0.115. The van der Waals surface area contributed by atoms with Crippen molar-refractivity contribution in [2.75, 3.05) is 5.32 Å². The van der Waals surface area contributed by atoms with Crippen molar-refractivity contribution in [1.82, 2.24) is 9.97 Å². The van der Waals surface area contributed by atoms with E-state index >= 15 is 0 Å². The maximum Gasteiger partial charge on any atom is 0.239 e. The Morgan fingerprint density at radius 3 is 2.95 bits per heavy atom. The molecule has 4 nitrogen and oxygen atoms in total. The van der Waals surface area contributed by atoms with E-state index in [0.29, 0.717) is 5.13 Å². The van der Waals surface area contributed by atoms with Gasteiger partial charge >= 0.3 is 0 Å². The first-order valence-corrected chi connectivity index (χ1v) is 8.75. The van der Waals surface area contributed by atoms with E-state index in [2.05, 4.69) is 15.3 Å². The topological polar surface area (TPSA) is 54.9 Å². The van der Waals surface area contributed by atoms with Gasteiger partial charge in [0, 0.05) is 17.0 Å². The number of pyridine rings is 1. The zero-order valence-corrected chi connectivity index (χ0v) is 13.7. The summed E-state index contributed by atoms with van der Waals surface area (Å²) >= 11 is 2.91. The molecule has 0 radical (unpaired) electrons. The molecule has 2 heterocycles. The van der Waals surface area contributed by atoms with E-state index < -0.39 is 0 Å². The molecule has 0 spiro atoms. The van der Waals surface area contributed by atoms with Crippen LogP contribution < -0.4 is 5.32 Å². The van der Waals surface area contributed by atoms with Gasteiger partial charge in [-0.15, -0.1) is 11.3 Å². The third-order valence-electron chi connectivity index (χ3n) is 3.16. The second-order valence-corrected chi connectivity index (χ2v) is 6.80. The number of nitrogens with one attached hydrogen (secondary N) is 1. The number of nitrogens with zero attached hydrogens (tertiary/aromatic N) is 2. The molecule has 0 saturated carbocycles. The van der Waals surface area contributed by atoms with Crippen molar-refractivity contribution < 1.29 is 4.79 Å². The summed E-state index contributed by atoms with van der Waals surface area (Å²) in [6, 6.07) is 12.0. The molecule has 1 atom stereocenters. The fraction of sp³-hybridized carbons (Fsp3) is 0.188. The van der Waals surface area contributed by atoms with Crippen LogP contribution in [0.25, 0.3) is 10.9 Å². The molecule has 22 heavy (non-hydrogen) atoms. The first-order chi connectivity index (χ1) is 10.8. The van der Waals surface area contributed by atoms with E-state index in [0.717, 1.165) is 22.3 Å². The van der Waals surface area contributed by atoms with E-state index in [1.165, 1.54) is 23.1 Å². The van der Waals surface area contributed by atoms with Gasteiger partial charge in [0.25, 0.3) is 0 Å². The number of para-hydroxylation sites is 1. The first kappa shape index (κ1) is 15.0. The number of carbonyl (C=O) groups excluding carboxylic acids is 1. The number of rotatable bonds is 5. The molecular formula is C16H15N3OS2. The van der Waals surface area contributed by atoms with Gasteiger partial charge in [-0.05, 0) is 18.6 Å². The highest BCUT2D eigenvalue weighted by Gasteiger charge is 2.19. The minimum atomic E-state index is -0.183. The summed E-state index contributed by atoms with van der Waals surface area (Å²) < 4.78 is 0. The number of benzene rings is 1. The molecule has 0 fully saturated rings. The Hall–Kier alpha value is -1.92. The molecule has 6 heteroatoms. The Morgan fingerprint density at radius 2 is 2.18 bits per heavy atom. The Kier molecular flexibility index (Phi) is 4.70. The number of anilines is 1. The number of amides is 1. The van der Waals surface area contributed by atoms with Gasteiger partial charge in [0.05, 0.1) is 15.8 Å². The molecule has 3 rings (SSSR count). The van der Waals surface area contributed by atoms with Crippen molar-refractivity contribution in [3.63, 3.8) is 0 Å². The monoisotopic (exact) mass is 329 g/mol. The Bertz CT molecular complexity index is 774. The van der Waals surface area contributed by atoms with Gasteiger partial charge in [0.2, 0.25) is 5.91 Å². The molecule has 1 aromatic carbocycles. The molecule has 1 amide bonds. The van der Waals surface area contributed by atoms with Gasteiger partial charge < -0.3 is 5.32 Å². The summed E-state index contributed by atoms with van der Waals surface area (Å²) in [7, 11) is 0. The minimum Gasteiger partial charge on any atom is -0.301 e. The summed E-state index contributed by atoms with van der Waals surface area (Å²) in [5.74, 6) is -0.0302. The van der Waals surface area contributed by atoms with Gasteiger partial charge in [-0.25, -0.2) is 9.97 Å². The highest BCUT2D eigenvalue weighted by atomic mass is 32.2. The number of hydrogen-bond donors (Lipinski definition) is 1. The van der Waals surface area contributed by atoms with Crippen LogP contribution in [0.5, 0.6) is 0 Å². The van der Waals surface area contributed by atoms with Gasteiger partial charge in [-0.1, -0.05) is 43.0 Å². The van der Waals surface area contributed by atoms with Crippen molar-refractivity contribution in [3.05, 3.63) is 48.0 Å². The van der Waals surface area contributed by atoms with Crippen LogP contribution in [-0.2, 0) is 4.79 Å². The number of thioether (sulfide) groups is 1. The van der Waals surface area contributed by atoms with E-state index in [1.807, 2.05) is 48.7 Å². The summed E-state index contributed by atoms with van der Waals surface area (Å²) in [6.07, 6.45) is 2.41. The molecular weight excluding hydrogens is 314 g/mol. The van der Waals surface area contributed by atoms with Crippen LogP contribution in [0.2, 0.25) is 0 Å². The van der Waals surface area contributed by atoms with Crippen LogP contribution in [-0.4, -0.2) is 21.1 Å². The summed E-state index contributed by atoms with van der Waals surface area (Å²) in [4.78, 5) is 21.0. The SMILES string of the molecule is CCC(Sc1ccc2ccccc2n1)C(=O)Nc1nccs1. The first-order valence-electron chi connectivity index (χ1n) is 6.99. The molecule has 1 N–H and O–H groups in total. The second-order valence-electron chi connectivity index (χ2n) is 4.68. The minimum absolute atomic E-state index is 0.0302. The maximum atomic E-state index is 12.3. The maximum absolute atomic E-state index is 12.3. The predicted octanol–water partition coefficient (Wildman–Crippen LogP) is 4.20. The van der Waals surface area contributed by atoms with Crippen LogP contribution in [0, 0.1) is 0 Å². The van der Waals surface area contributed by atoms with Crippen LogP contribution >= 0.6 is 23.1 Å². The van der Waals surface area contributed by atoms with Gasteiger partial charge in [-0.3, -0.25) is 4.79 Å². The third-order valence-corrected chi connectivity index (χ3v) is 5.15. The smallest absolute Gasteiger partial charge is 0.239 e. The second kappa shape index (κ2) is 6.89. The van der Waals surface area contributed by atoms with Crippen molar-refractivity contribution in [1.29, 1.82) is 0 Å². The number of carbonyl (C=O) groups is 1. The number of fused-ring (bicyclic) bond motifs is 1. The third kappa shape index (κ3) is 3.45. The molecule has 1 unspecified atom stereocenters. The van der Waals surface area contributed by atoms with Crippen molar-refractivity contribution in [2.45, 2.75) is 23.6 Å². The average molecular weight is 329 g/mol. The molecule has 3 aromatic rings. The number of hydrogen-bond acceptors (Lipinski definition) is 5. The molecule has 112 valence electrons. The Balaban J connectivity index is 1.74. The fourth-order valence-corrected chi connectivity index (χ4v) is 3.51.